The van der Waals surface area contributed by atoms with Crippen LogP contribution in [-0.4, -0.2) is 51.2 Å². The van der Waals surface area contributed by atoms with Gasteiger partial charge in [-0.1, -0.05) is 43.6 Å². The van der Waals surface area contributed by atoms with E-state index >= 15 is 0 Å². The van der Waals surface area contributed by atoms with E-state index in [9.17, 15) is 29.7 Å². The number of hydrogen-bond acceptors (Lipinski definition) is 9. The average molecular weight is 841 g/mol. The predicted octanol–water partition coefficient (Wildman–Crippen LogP) is 7.73. The predicted molar refractivity (Wildman–Crippen MR) is 183 cm³/mol. The minimum atomic E-state index is -0.907. The standard InChI is InChI=1S/C23H30O5.C16H20O4.2Y/c1-15(2)7-5-8-16(3)9-6-10-23(4)21(27)12-18-20(26)11-17(13-24)19(14-25)22(18)28-23;1-4-5-16(3)9(2)6-11-13(17)7-10-12(14(11)20-16)8-19-15(10)18;;/h7,9,11,13-14,21,26-27H,5-6,8,10,12H2,1-4H3;7,9,17H,4-6,8H2,1-3H3;;/b16-9+;;;/t21-,23-;9-,16-;;/m00../s1. The molecule has 2 aromatic rings. The minimum Gasteiger partial charge on any atom is -0.508 e. The van der Waals surface area contributed by atoms with Crippen LogP contribution in [0.15, 0.2) is 35.4 Å². The van der Waals surface area contributed by atoms with Crippen LogP contribution >= 0.6 is 0 Å². The summed E-state index contributed by atoms with van der Waals surface area (Å²) in [6.45, 7) is 14.7. The molecule has 3 N–H and O–H groups in total. The fraction of sp³-hybridized carbons (Fsp3) is 0.513. The quantitative estimate of drug-likeness (QED) is 0.125. The molecule has 3 aliphatic heterocycles. The Hall–Kier alpha value is -1.90. The van der Waals surface area contributed by atoms with Crippen LogP contribution in [0.5, 0.6) is 23.0 Å². The summed E-state index contributed by atoms with van der Waals surface area (Å²) < 4.78 is 17.4. The number of phenols is 2. The van der Waals surface area contributed by atoms with Crippen molar-refractivity contribution in [2.24, 2.45) is 5.92 Å². The van der Waals surface area contributed by atoms with Crippen molar-refractivity contribution in [2.75, 3.05) is 0 Å². The van der Waals surface area contributed by atoms with E-state index in [1.54, 1.807) is 6.92 Å². The van der Waals surface area contributed by atoms with Crippen LogP contribution in [0.25, 0.3) is 0 Å². The number of fused-ring (bicyclic) bond motifs is 4. The van der Waals surface area contributed by atoms with Gasteiger partial charge in [0, 0.05) is 94.1 Å². The topological polar surface area (TPSA) is 140 Å². The van der Waals surface area contributed by atoms with E-state index in [2.05, 4.69) is 53.7 Å². The number of cyclic esters (lactones) is 1. The molecule has 3 aliphatic rings. The largest absolute Gasteiger partial charge is 0.508 e. The Bertz CT molecular complexity index is 1630. The van der Waals surface area contributed by atoms with Gasteiger partial charge in [0.25, 0.3) is 0 Å². The van der Waals surface area contributed by atoms with Gasteiger partial charge >= 0.3 is 5.97 Å². The Balaban J connectivity index is 0.000000349. The summed E-state index contributed by atoms with van der Waals surface area (Å²) in [6, 6.07) is 2.76. The van der Waals surface area contributed by atoms with E-state index in [1.807, 2.05) is 0 Å². The van der Waals surface area contributed by atoms with Crippen LogP contribution in [0.3, 0.4) is 0 Å². The second-order valence-electron chi connectivity index (χ2n) is 14.1. The summed E-state index contributed by atoms with van der Waals surface area (Å²) in [5.41, 5.74) is 4.03. The number of phenolic OH excluding ortho intramolecular Hbond substituents is 2. The van der Waals surface area contributed by atoms with Crippen LogP contribution in [0.2, 0.25) is 0 Å². The molecule has 0 saturated carbocycles. The number of allylic oxidation sites excluding steroid dienone is 4. The monoisotopic (exact) mass is 840 g/mol. The average Bonchev–Trinajstić information content (AvgIpc) is 3.39. The van der Waals surface area contributed by atoms with Gasteiger partial charge in [-0.3, -0.25) is 9.59 Å². The number of carbonyl (C=O) groups is 3. The zero-order valence-electron chi connectivity index (χ0n) is 30.4. The molecule has 4 atom stereocenters. The van der Waals surface area contributed by atoms with Crippen LogP contribution in [0.4, 0.5) is 0 Å². The molecule has 2 radical (unpaired) electrons. The van der Waals surface area contributed by atoms with Gasteiger partial charge in [0.1, 0.15) is 40.8 Å². The zero-order valence-corrected chi connectivity index (χ0v) is 36.1. The Kier molecular flexibility index (Phi) is 16.6. The fourth-order valence-electron chi connectivity index (χ4n) is 6.72. The first-order valence-corrected chi connectivity index (χ1v) is 16.9. The third-order valence-corrected chi connectivity index (χ3v) is 10.0. The van der Waals surface area contributed by atoms with E-state index < -0.39 is 11.7 Å². The second-order valence-corrected chi connectivity index (χ2v) is 14.1. The first kappa shape index (κ1) is 44.3. The van der Waals surface area contributed by atoms with E-state index in [-0.39, 0.29) is 118 Å². The normalized spacial score (nSPS) is 23.0. The van der Waals surface area contributed by atoms with Crippen molar-refractivity contribution in [1.29, 1.82) is 0 Å². The summed E-state index contributed by atoms with van der Waals surface area (Å²) >= 11 is 0. The van der Waals surface area contributed by atoms with Crippen LogP contribution in [0, 0.1) is 5.92 Å². The Morgan fingerprint density at radius 2 is 1.52 bits per heavy atom. The maximum Gasteiger partial charge on any atom is 0.339 e. The Morgan fingerprint density at radius 1 is 0.880 bits per heavy atom. The van der Waals surface area contributed by atoms with E-state index in [0.717, 1.165) is 49.7 Å². The molecule has 11 heteroatoms. The molecule has 9 nitrogen and oxygen atoms in total. The molecule has 0 fully saturated rings. The van der Waals surface area contributed by atoms with Gasteiger partial charge in [0.2, 0.25) is 0 Å². The van der Waals surface area contributed by atoms with Crippen molar-refractivity contribution in [1.82, 2.24) is 0 Å². The molecule has 0 amide bonds. The maximum atomic E-state index is 11.7. The van der Waals surface area contributed by atoms with Gasteiger partial charge in [0.15, 0.2) is 12.6 Å². The van der Waals surface area contributed by atoms with Crippen LogP contribution < -0.4 is 9.47 Å². The number of aliphatic hydroxyl groups excluding tert-OH is 1. The SMILES string of the molecule is CC(C)=CCC/C(C)=C/CC[C@]1(C)Oc2c(C=O)c(C=O)cc(O)c2C[C@@H]1O.CCC[C@]1(C)Oc2c(c(O)cc3c2COC3=O)C[C@@H]1C.[Y].[Y]. The van der Waals surface area contributed by atoms with E-state index in [4.69, 9.17) is 14.2 Å². The number of aliphatic hydroxyl groups is 1. The van der Waals surface area contributed by atoms with Gasteiger partial charge in [0.05, 0.1) is 17.2 Å². The number of carbonyl (C=O) groups excluding carboxylic acids is 3. The van der Waals surface area contributed by atoms with Crippen molar-refractivity contribution in [2.45, 2.75) is 124 Å². The third kappa shape index (κ3) is 9.74. The molecule has 0 spiro atoms. The van der Waals surface area contributed by atoms with E-state index in [1.165, 1.54) is 23.3 Å². The molecule has 50 heavy (non-hydrogen) atoms. The van der Waals surface area contributed by atoms with E-state index in [0.29, 0.717) is 41.8 Å². The van der Waals surface area contributed by atoms with Crippen LogP contribution in [0.1, 0.15) is 135 Å². The van der Waals surface area contributed by atoms with Crippen LogP contribution in [-0.2, 0) is 89.6 Å². The van der Waals surface area contributed by atoms with Gasteiger partial charge < -0.3 is 29.5 Å². The van der Waals surface area contributed by atoms with Gasteiger partial charge in [-0.05, 0) is 91.2 Å². The number of rotatable bonds is 10. The molecule has 266 valence electrons. The molecule has 0 bridgehead atoms. The molecule has 2 aromatic carbocycles. The molecule has 0 saturated heterocycles. The molecular formula is C39H50O9Y2. The van der Waals surface area contributed by atoms with Crippen molar-refractivity contribution in [3.8, 4) is 23.0 Å². The van der Waals surface area contributed by atoms with Crippen molar-refractivity contribution in [3.05, 3.63) is 68.8 Å². The zero-order chi connectivity index (χ0) is 35.4. The number of benzene rings is 2. The molecule has 0 aromatic heterocycles. The number of ether oxygens (including phenoxy) is 3. The summed E-state index contributed by atoms with van der Waals surface area (Å²) in [5.74, 6) is 0.810. The van der Waals surface area contributed by atoms with Crippen molar-refractivity contribution >= 4 is 18.5 Å². The molecule has 0 unspecified atom stereocenters. The van der Waals surface area contributed by atoms with Gasteiger partial charge in [-0.2, -0.15) is 0 Å². The number of esters is 1. The molecule has 3 heterocycles. The maximum absolute atomic E-state index is 11.7. The minimum absolute atomic E-state index is 0. The number of aromatic hydroxyl groups is 2. The first-order chi connectivity index (χ1) is 22.7. The summed E-state index contributed by atoms with van der Waals surface area (Å²) in [5, 5.41) is 31.0. The molecular weight excluding hydrogens is 790 g/mol. The fourth-order valence-corrected chi connectivity index (χ4v) is 6.72. The van der Waals surface area contributed by atoms with Crippen molar-refractivity contribution in [3.63, 3.8) is 0 Å². The second kappa shape index (κ2) is 18.7. The Labute approximate surface area is 346 Å². The van der Waals surface area contributed by atoms with Gasteiger partial charge in [-0.25, -0.2) is 4.79 Å². The first-order valence-electron chi connectivity index (χ1n) is 16.9. The summed E-state index contributed by atoms with van der Waals surface area (Å²) in [4.78, 5) is 34.4. The van der Waals surface area contributed by atoms with Crippen molar-refractivity contribution < 1.29 is 109 Å². The number of aldehydes is 2. The smallest absolute Gasteiger partial charge is 0.339 e. The Morgan fingerprint density at radius 3 is 2.14 bits per heavy atom. The number of hydrogen-bond donors (Lipinski definition) is 3. The molecule has 5 rings (SSSR count). The summed E-state index contributed by atoms with van der Waals surface area (Å²) in [7, 11) is 0. The van der Waals surface area contributed by atoms with Gasteiger partial charge in [-0.15, -0.1) is 0 Å². The third-order valence-electron chi connectivity index (χ3n) is 10.0. The molecule has 0 aliphatic carbocycles. The summed E-state index contributed by atoms with van der Waals surface area (Å²) in [6.07, 6.45) is 10.8.